The van der Waals surface area contributed by atoms with Crippen LogP contribution in [0.2, 0.25) is 0 Å². The van der Waals surface area contributed by atoms with Crippen molar-refractivity contribution in [2.75, 3.05) is 26.2 Å². The third kappa shape index (κ3) is 4.26. The lowest BCUT2D eigenvalue weighted by molar-refractivity contribution is 0.0914. The molecule has 0 radical (unpaired) electrons. The molecule has 27 heavy (non-hydrogen) atoms. The maximum atomic E-state index is 9.38. The molecule has 1 aromatic carbocycles. The van der Waals surface area contributed by atoms with Gasteiger partial charge in [-0.05, 0) is 43.5 Å². The molecular weight excluding hydrogens is 336 g/mol. The number of nitrogens with one attached hydrogen (secondary N) is 1. The molecule has 2 aliphatic heterocycles. The van der Waals surface area contributed by atoms with Crippen molar-refractivity contribution in [3.8, 4) is 11.4 Å². The summed E-state index contributed by atoms with van der Waals surface area (Å²) in [6, 6.07) is 8.71. The zero-order valence-corrected chi connectivity index (χ0v) is 16.6. The van der Waals surface area contributed by atoms with E-state index in [0.717, 1.165) is 42.4 Å². The van der Waals surface area contributed by atoms with Crippen molar-refractivity contribution in [3.63, 3.8) is 0 Å². The van der Waals surface area contributed by atoms with Gasteiger partial charge >= 0.3 is 0 Å². The van der Waals surface area contributed by atoms with Crippen LogP contribution in [-0.2, 0) is 19.6 Å². The van der Waals surface area contributed by atoms with Crippen molar-refractivity contribution >= 4 is 0 Å². The Labute approximate surface area is 162 Å². The second kappa shape index (κ2) is 8.13. The topological polar surface area (TPSA) is 55.4 Å². The van der Waals surface area contributed by atoms with Gasteiger partial charge in [0.25, 0.3) is 0 Å². The predicted molar refractivity (Wildman–Crippen MR) is 108 cm³/mol. The van der Waals surface area contributed by atoms with Gasteiger partial charge in [0.05, 0.1) is 18.0 Å². The second-order valence-corrected chi connectivity index (χ2v) is 8.52. The summed E-state index contributed by atoms with van der Waals surface area (Å²) in [5, 5.41) is 9.38. The van der Waals surface area contributed by atoms with Crippen LogP contribution >= 0.6 is 0 Å². The van der Waals surface area contributed by atoms with Crippen LogP contribution in [0.3, 0.4) is 0 Å². The molecule has 0 aliphatic carbocycles. The van der Waals surface area contributed by atoms with Crippen molar-refractivity contribution in [1.29, 1.82) is 0 Å². The van der Waals surface area contributed by atoms with Crippen molar-refractivity contribution in [2.24, 2.45) is 5.92 Å². The van der Waals surface area contributed by atoms with Crippen LogP contribution in [0.5, 0.6) is 0 Å². The van der Waals surface area contributed by atoms with Crippen LogP contribution in [0.15, 0.2) is 24.3 Å². The fraction of sp³-hybridized carbons (Fsp3) is 0.591. The molecule has 0 atom stereocenters. The van der Waals surface area contributed by atoms with Crippen molar-refractivity contribution < 1.29 is 5.11 Å². The lowest BCUT2D eigenvalue weighted by Crippen LogP contribution is -2.47. The van der Waals surface area contributed by atoms with Gasteiger partial charge in [0.1, 0.15) is 5.82 Å². The molecule has 2 aliphatic rings. The molecule has 2 N–H and O–H groups in total. The van der Waals surface area contributed by atoms with E-state index in [0.29, 0.717) is 6.04 Å². The molecule has 0 saturated carbocycles. The van der Waals surface area contributed by atoms with Gasteiger partial charge in [0.15, 0.2) is 0 Å². The number of imidazole rings is 1. The number of aromatic amines is 1. The number of likely N-dealkylation sites (tertiary alicyclic amines) is 1. The molecule has 1 fully saturated rings. The zero-order valence-electron chi connectivity index (χ0n) is 16.6. The Morgan fingerprint density at radius 1 is 1.22 bits per heavy atom. The van der Waals surface area contributed by atoms with Gasteiger partial charge in [-0.3, -0.25) is 4.90 Å². The third-order valence-corrected chi connectivity index (χ3v) is 5.94. The summed E-state index contributed by atoms with van der Waals surface area (Å²) in [4.78, 5) is 13.7. The minimum Gasteiger partial charge on any atom is -0.392 e. The summed E-state index contributed by atoms with van der Waals surface area (Å²) in [7, 11) is 0. The van der Waals surface area contributed by atoms with Gasteiger partial charge in [-0.1, -0.05) is 32.0 Å². The molecule has 5 heteroatoms. The number of aliphatic hydroxyl groups excluding tert-OH is 1. The molecule has 4 rings (SSSR count). The molecular formula is C22H32N4O. The first-order valence-electron chi connectivity index (χ1n) is 10.4. The highest BCUT2D eigenvalue weighted by Crippen LogP contribution is 2.27. The van der Waals surface area contributed by atoms with Gasteiger partial charge in [-0.25, -0.2) is 4.98 Å². The first-order valence-corrected chi connectivity index (χ1v) is 10.4. The number of piperidine rings is 1. The van der Waals surface area contributed by atoms with Crippen molar-refractivity contribution in [3.05, 3.63) is 41.2 Å². The third-order valence-electron chi connectivity index (χ3n) is 5.94. The Balaban J connectivity index is 1.41. The molecule has 146 valence electrons. The molecule has 5 nitrogen and oxygen atoms in total. The highest BCUT2D eigenvalue weighted by atomic mass is 16.3. The molecule has 0 unspecified atom stereocenters. The van der Waals surface area contributed by atoms with Gasteiger partial charge in [0, 0.05) is 37.7 Å². The first-order chi connectivity index (χ1) is 13.1. The lowest BCUT2D eigenvalue weighted by atomic mass is 9.99. The number of aromatic nitrogens is 2. The smallest absolute Gasteiger partial charge is 0.137 e. The zero-order chi connectivity index (χ0) is 18.8. The number of aliphatic hydroxyl groups is 1. The van der Waals surface area contributed by atoms with Crippen LogP contribution < -0.4 is 0 Å². The van der Waals surface area contributed by atoms with Crippen LogP contribution in [0, 0.1) is 5.92 Å². The fourth-order valence-electron chi connectivity index (χ4n) is 4.56. The number of fused-ring (bicyclic) bond motifs is 1. The number of hydrogen-bond acceptors (Lipinski definition) is 4. The SMILES string of the molecule is CC(C)CN1CCC(N2CCc3nc(-c4cccc(CO)c4)[nH]c3C2)CC1. The molecule has 0 bridgehead atoms. The summed E-state index contributed by atoms with van der Waals surface area (Å²) in [5.74, 6) is 1.69. The van der Waals surface area contributed by atoms with E-state index in [1.54, 1.807) is 0 Å². The number of nitrogens with zero attached hydrogens (tertiary/aromatic N) is 3. The molecule has 0 amide bonds. The maximum Gasteiger partial charge on any atom is 0.137 e. The molecule has 3 heterocycles. The standard InChI is InChI=1S/C22H32N4O/c1-16(2)13-25-9-6-19(7-10-25)26-11-8-20-21(14-26)24-22(23-20)18-5-3-4-17(12-18)15-27/h3-5,12,16,19,27H,6-11,13-15H2,1-2H3,(H,23,24). The number of hydrogen-bond donors (Lipinski definition) is 2. The van der Waals surface area contributed by atoms with E-state index in [1.807, 2.05) is 18.2 Å². The van der Waals surface area contributed by atoms with Gasteiger partial charge < -0.3 is 15.0 Å². The van der Waals surface area contributed by atoms with Crippen molar-refractivity contribution in [2.45, 2.75) is 52.3 Å². The molecule has 2 aromatic rings. The minimum absolute atomic E-state index is 0.0670. The molecule has 1 saturated heterocycles. The Morgan fingerprint density at radius 3 is 2.78 bits per heavy atom. The summed E-state index contributed by atoms with van der Waals surface area (Å²) in [6.07, 6.45) is 3.58. The maximum absolute atomic E-state index is 9.38. The Hall–Kier alpha value is -1.69. The summed E-state index contributed by atoms with van der Waals surface area (Å²) < 4.78 is 0. The normalized spacial score (nSPS) is 19.6. The average molecular weight is 369 g/mol. The number of benzene rings is 1. The molecule has 1 aromatic heterocycles. The van der Waals surface area contributed by atoms with Gasteiger partial charge in [-0.15, -0.1) is 0 Å². The van der Waals surface area contributed by atoms with Crippen LogP contribution in [-0.4, -0.2) is 57.1 Å². The summed E-state index contributed by atoms with van der Waals surface area (Å²) in [5.41, 5.74) is 4.48. The second-order valence-electron chi connectivity index (χ2n) is 8.52. The lowest BCUT2D eigenvalue weighted by Gasteiger charge is -2.40. The van der Waals surface area contributed by atoms with Gasteiger partial charge in [-0.2, -0.15) is 0 Å². The fourth-order valence-corrected chi connectivity index (χ4v) is 4.56. The van der Waals surface area contributed by atoms with Crippen LogP contribution in [0.1, 0.15) is 43.6 Å². The summed E-state index contributed by atoms with van der Waals surface area (Å²) >= 11 is 0. The largest absolute Gasteiger partial charge is 0.392 e. The number of rotatable bonds is 5. The van der Waals surface area contributed by atoms with Gasteiger partial charge in [0.2, 0.25) is 0 Å². The summed E-state index contributed by atoms with van der Waals surface area (Å²) in [6.45, 7) is 10.5. The van der Waals surface area contributed by atoms with E-state index in [9.17, 15) is 5.11 Å². The molecule has 0 spiro atoms. The average Bonchev–Trinajstić information content (AvgIpc) is 3.11. The number of H-pyrrole nitrogens is 1. The Morgan fingerprint density at radius 2 is 2.04 bits per heavy atom. The first kappa shape index (κ1) is 18.7. The van der Waals surface area contributed by atoms with E-state index in [4.69, 9.17) is 4.98 Å². The van der Waals surface area contributed by atoms with Crippen molar-refractivity contribution in [1.82, 2.24) is 19.8 Å². The highest BCUT2D eigenvalue weighted by molar-refractivity contribution is 5.57. The highest BCUT2D eigenvalue weighted by Gasteiger charge is 2.29. The van der Waals surface area contributed by atoms with E-state index < -0.39 is 0 Å². The quantitative estimate of drug-likeness (QED) is 0.852. The van der Waals surface area contributed by atoms with E-state index in [-0.39, 0.29) is 6.61 Å². The van der Waals surface area contributed by atoms with E-state index >= 15 is 0 Å². The minimum atomic E-state index is 0.0670. The van der Waals surface area contributed by atoms with E-state index in [2.05, 4.69) is 34.7 Å². The monoisotopic (exact) mass is 368 g/mol. The van der Waals surface area contributed by atoms with E-state index in [1.165, 1.54) is 43.9 Å². The van der Waals surface area contributed by atoms with Crippen LogP contribution in [0.4, 0.5) is 0 Å². The predicted octanol–water partition coefficient (Wildman–Crippen LogP) is 3.05. The Bertz CT molecular complexity index is 761. The Kier molecular flexibility index (Phi) is 5.62. The van der Waals surface area contributed by atoms with Crippen LogP contribution in [0.25, 0.3) is 11.4 Å².